The van der Waals surface area contributed by atoms with Crippen LogP contribution in [0.1, 0.15) is 22.4 Å². The summed E-state index contributed by atoms with van der Waals surface area (Å²) in [6.07, 6.45) is 0. The smallest absolute Gasteiger partial charge is 0.266 e. The molecule has 2 aromatic rings. The van der Waals surface area contributed by atoms with Crippen molar-refractivity contribution in [2.24, 2.45) is 0 Å². The molecular formula is C14H11Cl2N3O. The molecule has 0 aliphatic heterocycles. The molecule has 0 aliphatic rings. The lowest BCUT2D eigenvalue weighted by Gasteiger charge is -2.10. The lowest BCUT2D eigenvalue weighted by atomic mass is 10.1. The summed E-state index contributed by atoms with van der Waals surface area (Å²) in [7, 11) is 0. The highest BCUT2D eigenvalue weighted by Gasteiger charge is 2.12. The Kier molecular flexibility index (Phi) is 4.12. The van der Waals surface area contributed by atoms with Crippen molar-refractivity contribution in [2.45, 2.75) is 20.4 Å². The molecule has 0 saturated heterocycles. The fourth-order valence-electron chi connectivity index (χ4n) is 1.82. The Balaban J connectivity index is 2.53. The van der Waals surface area contributed by atoms with E-state index >= 15 is 0 Å². The Morgan fingerprint density at radius 2 is 2.05 bits per heavy atom. The summed E-state index contributed by atoms with van der Waals surface area (Å²) in [5, 5.41) is 14.3. The van der Waals surface area contributed by atoms with Crippen molar-refractivity contribution in [3.63, 3.8) is 0 Å². The van der Waals surface area contributed by atoms with Gasteiger partial charge in [-0.3, -0.25) is 4.79 Å². The van der Waals surface area contributed by atoms with E-state index in [1.807, 2.05) is 6.07 Å². The number of nitrogens with zero attached hydrogens (tertiary/aromatic N) is 3. The molecule has 0 amide bonds. The van der Waals surface area contributed by atoms with E-state index in [0.717, 1.165) is 5.56 Å². The van der Waals surface area contributed by atoms with E-state index in [2.05, 4.69) is 5.10 Å². The Labute approximate surface area is 126 Å². The molecule has 0 aliphatic carbocycles. The van der Waals surface area contributed by atoms with E-state index in [1.54, 1.807) is 32.0 Å². The minimum absolute atomic E-state index is 0.114. The number of hydrogen-bond acceptors (Lipinski definition) is 3. The van der Waals surface area contributed by atoms with Gasteiger partial charge in [-0.1, -0.05) is 29.3 Å². The number of nitriles is 1. The van der Waals surface area contributed by atoms with Gasteiger partial charge in [0.1, 0.15) is 11.6 Å². The first-order valence-corrected chi connectivity index (χ1v) is 6.62. The summed E-state index contributed by atoms with van der Waals surface area (Å²) < 4.78 is 1.25. The van der Waals surface area contributed by atoms with E-state index in [4.69, 9.17) is 28.5 Å². The highest BCUT2D eigenvalue weighted by molar-refractivity contribution is 6.35. The molecular weight excluding hydrogens is 297 g/mol. The normalized spacial score (nSPS) is 10.3. The maximum atomic E-state index is 12.2. The first kappa shape index (κ1) is 14.6. The third-order valence-corrected chi connectivity index (χ3v) is 3.67. The zero-order valence-electron chi connectivity index (χ0n) is 10.9. The number of halogens is 2. The lowest BCUT2D eigenvalue weighted by molar-refractivity contribution is 0.623. The van der Waals surface area contributed by atoms with Gasteiger partial charge >= 0.3 is 0 Å². The van der Waals surface area contributed by atoms with Gasteiger partial charge in [0.25, 0.3) is 5.56 Å². The van der Waals surface area contributed by atoms with Gasteiger partial charge in [0, 0.05) is 10.0 Å². The van der Waals surface area contributed by atoms with Crippen molar-refractivity contribution >= 4 is 23.2 Å². The van der Waals surface area contributed by atoms with E-state index in [9.17, 15) is 4.79 Å². The minimum atomic E-state index is -0.415. The van der Waals surface area contributed by atoms with Crippen LogP contribution in [0.3, 0.4) is 0 Å². The molecule has 2 rings (SSSR count). The number of rotatable bonds is 2. The molecule has 1 aromatic carbocycles. The third-order valence-electron chi connectivity index (χ3n) is 3.08. The van der Waals surface area contributed by atoms with Gasteiger partial charge in [-0.25, -0.2) is 4.68 Å². The molecule has 1 heterocycles. The van der Waals surface area contributed by atoms with Crippen LogP contribution in [-0.4, -0.2) is 9.78 Å². The van der Waals surface area contributed by atoms with Crippen LogP contribution >= 0.6 is 23.2 Å². The first-order chi connectivity index (χ1) is 9.43. The predicted octanol–water partition coefficient (Wildman–Crippen LogP) is 3.09. The van der Waals surface area contributed by atoms with Crippen LogP contribution in [0, 0.1) is 25.2 Å². The zero-order valence-corrected chi connectivity index (χ0v) is 12.5. The van der Waals surface area contributed by atoms with E-state index in [-0.39, 0.29) is 12.1 Å². The molecule has 0 unspecified atom stereocenters. The molecule has 20 heavy (non-hydrogen) atoms. The quantitative estimate of drug-likeness (QED) is 0.856. The molecule has 6 heteroatoms. The summed E-state index contributed by atoms with van der Waals surface area (Å²) in [4.78, 5) is 12.2. The topological polar surface area (TPSA) is 58.7 Å². The van der Waals surface area contributed by atoms with Crippen LogP contribution in [0.4, 0.5) is 0 Å². The van der Waals surface area contributed by atoms with Crippen molar-refractivity contribution in [3.8, 4) is 6.07 Å². The standard InChI is InChI=1S/C14H11Cl2N3O/c1-8-9(2)18-19(14(20)12(8)6-17)7-10-3-4-11(15)5-13(10)16/h3-5H,7H2,1-2H3. The molecule has 0 fully saturated rings. The summed E-state index contributed by atoms with van der Waals surface area (Å²) in [5.41, 5.74) is 1.67. The Morgan fingerprint density at radius 3 is 2.65 bits per heavy atom. The van der Waals surface area contributed by atoms with Crippen LogP contribution in [0.25, 0.3) is 0 Å². The number of benzene rings is 1. The number of aromatic nitrogens is 2. The molecule has 4 nitrogen and oxygen atoms in total. The molecule has 1 aromatic heterocycles. The van der Waals surface area contributed by atoms with Crippen LogP contribution < -0.4 is 5.56 Å². The van der Waals surface area contributed by atoms with Crippen LogP contribution in [0.5, 0.6) is 0 Å². The highest BCUT2D eigenvalue weighted by Crippen LogP contribution is 2.21. The van der Waals surface area contributed by atoms with Crippen LogP contribution in [0.2, 0.25) is 10.0 Å². The van der Waals surface area contributed by atoms with Gasteiger partial charge in [0.2, 0.25) is 0 Å². The maximum absolute atomic E-state index is 12.2. The first-order valence-electron chi connectivity index (χ1n) is 5.86. The van der Waals surface area contributed by atoms with Gasteiger partial charge in [-0.05, 0) is 37.1 Å². The summed E-state index contributed by atoms with van der Waals surface area (Å²) in [5.74, 6) is 0. The summed E-state index contributed by atoms with van der Waals surface area (Å²) in [6.45, 7) is 3.67. The summed E-state index contributed by atoms with van der Waals surface area (Å²) >= 11 is 11.9. The van der Waals surface area contributed by atoms with Crippen molar-refractivity contribution in [3.05, 3.63) is 61.0 Å². The molecule has 102 valence electrons. The van der Waals surface area contributed by atoms with Gasteiger partial charge in [-0.2, -0.15) is 10.4 Å². The van der Waals surface area contributed by atoms with E-state index in [1.165, 1.54) is 4.68 Å². The minimum Gasteiger partial charge on any atom is -0.266 e. The van der Waals surface area contributed by atoms with E-state index < -0.39 is 5.56 Å². The number of hydrogen-bond donors (Lipinski definition) is 0. The summed E-state index contributed by atoms with van der Waals surface area (Å²) in [6, 6.07) is 6.96. The lowest BCUT2D eigenvalue weighted by Crippen LogP contribution is -2.28. The van der Waals surface area contributed by atoms with Crippen molar-refractivity contribution in [1.29, 1.82) is 5.26 Å². The number of aryl methyl sites for hydroxylation is 1. The largest absolute Gasteiger partial charge is 0.285 e. The highest BCUT2D eigenvalue weighted by atomic mass is 35.5. The zero-order chi connectivity index (χ0) is 14.9. The Morgan fingerprint density at radius 1 is 1.35 bits per heavy atom. The predicted molar refractivity (Wildman–Crippen MR) is 78.3 cm³/mol. The molecule has 0 atom stereocenters. The SMILES string of the molecule is Cc1nn(Cc2ccc(Cl)cc2Cl)c(=O)c(C#N)c1C. The van der Waals surface area contributed by atoms with Gasteiger partial charge in [0.05, 0.1) is 12.2 Å². The molecule has 0 N–H and O–H groups in total. The molecule has 0 saturated carbocycles. The average molecular weight is 308 g/mol. The van der Waals surface area contributed by atoms with E-state index in [0.29, 0.717) is 21.3 Å². The van der Waals surface area contributed by atoms with Gasteiger partial charge < -0.3 is 0 Å². The molecule has 0 spiro atoms. The van der Waals surface area contributed by atoms with Gasteiger partial charge in [0.15, 0.2) is 0 Å². The monoisotopic (exact) mass is 307 g/mol. The third kappa shape index (κ3) is 2.69. The second-order valence-electron chi connectivity index (χ2n) is 4.40. The molecule has 0 bridgehead atoms. The van der Waals surface area contributed by atoms with Gasteiger partial charge in [-0.15, -0.1) is 0 Å². The fraction of sp³-hybridized carbons (Fsp3) is 0.214. The van der Waals surface area contributed by atoms with Crippen molar-refractivity contribution < 1.29 is 0 Å². The molecule has 0 radical (unpaired) electrons. The van der Waals surface area contributed by atoms with Crippen molar-refractivity contribution in [2.75, 3.05) is 0 Å². The Hall–Kier alpha value is -1.83. The second-order valence-corrected chi connectivity index (χ2v) is 5.24. The fourth-order valence-corrected chi connectivity index (χ4v) is 2.29. The maximum Gasteiger partial charge on any atom is 0.285 e. The second kappa shape index (κ2) is 5.66. The van der Waals surface area contributed by atoms with Crippen LogP contribution in [0.15, 0.2) is 23.0 Å². The average Bonchev–Trinajstić information content (AvgIpc) is 2.39. The Bertz CT molecular complexity index is 775. The van der Waals surface area contributed by atoms with Crippen molar-refractivity contribution in [1.82, 2.24) is 9.78 Å². The van der Waals surface area contributed by atoms with Crippen LogP contribution in [-0.2, 0) is 6.54 Å².